The Hall–Kier alpha value is -0.640. The van der Waals surface area contributed by atoms with Gasteiger partial charge in [-0.25, -0.2) is 0 Å². The van der Waals surface area contributed by atoms with Gasteiger partial charge in [-0.3, -0.25) is 0 Å². The summed E-state index contributed by atoms with van der Waals surface area (Å²) in [4.78, 5) is 1.37. The number of hydrogen-bond acceptors (Lipinski definition) is 2. The first kappa shape index (κ1) is 12.8. The zero-order valence-corrected chi connectivity index (χ0v) is 12.7. The highest BCUT2D eigenvalue weighted by Gasteiger charge is 2.17. The van der Waals surface area contributed by atoms with E-state index in [0.29, 0.717) is 0 Å². The van der Waals surface area contributed by atoms with Gasteiger partial charge in [-0.1, -0.05) is 34.1 Å². The van der Waals surface area contributed by atoms with Crippen molar-refractivity contribution in [3.63, 3.8) is 0 Å². The maximum Gasteiger partial charge on any atom is 0.0596 e. The van der Waals surface area contributed by atoms with Crippen molar-refractivity contribution in [2.45, 2.75) is 19.9 Å². The van der Waals surface area contributed by atoms with E-state index in [4.69, 9.17) is 0 Å². The molecule has 0 amide bonds. The minimum absolute atomic E-state index is 0.260. The van der Waals surface area contributed by atoms with Crippen LogP contribution in [0.4, 0.5) is 0 Å². The van der Waals surface area contributed by atoms with Crippen LogP contribution in [-0.2, 0) is 0 Å². The second-order valence-corrected chi connectivity index (χ2v) is 6.05. The lowest BCUT2D eigenvalue weighted by molar-refractivity contribution is 0.687. The van der Waals surface area contributed by atoms with Gasteiger partial charge in [-0.15, -0.1) is 11.3 Å². The second kappa shape index (κ2) is 5.34. The van der Waals surface area contributed by atoms with E-state index in [1.54, 1.807) is 11.3 Å². The molecule has 90 valence electrons. The fraction of sp³-hybridized carbons (Fsp3) is 0.286. The number of halogens is 1. The molecule has 1 nitrogen and oxygen atoms in total. The van der Waals surface area contributed by atoms with Gasteiger partial charge in [-0.2, -0.15) is 0 Å². The Morgan fingerprint density at radius 3 is 2.53 bits per heavy atom. The topological polar surface area (TPSA) is 12.0 Å². The largest absolute Gasteiger partial charge is 0.309 e. The molecule has 1 atom stereocenters. The summed E-state index contributed by atoms with van der Waals surface area (Å²) < 4.78 is 1.20. The van der Waals surface area contributed by atoms with Gasteiger partial charge in [0.2, 0.25) is 0 Å². The fourth-order valence-corrected chi connectivity index (χ4v) is 3.30. The molecule has 0 aliphatic carbocycles. The molecule has 0 saturated carbocycles. The smallest absolute Gasteiger partial charge is 0.0596 e. The van der Waals surface area contributed by atoms with Crippen molar-refractivity contribution >= 4 is 27.3 Å². The third-order valence-electron chi connectivity index (χ3n) is 3.03. The summed E-state index contributed by atoms with van der Waals surface area (Å²) >= 11 is 5.49. The van der Waals surface area contributed by atoms with E-state index in [0.717, 1.165) is 0 Å². The van der Waals surface area contributed by atoms with Crippen LogP contribution in [0.3, 0.4) is 0 Å². The van der Waals surface area contributed by atoms with E-state index in [9.17, 15) is 0 Å². The molecule has 0 saturated heterocycles. The fourth-order valence-electron chi connectivity index (χ4n) is 2.07. The summed E-state index contributed by atoms with van der Waals surface area (Å²) in [5, 5.41) is 5.56. The Bertz CT molecular complexity index is 519. The number of nitrogens with one attached hydrogen (secondary N) is 1. The van der Waals surface area contributed by atoms with Crippen molar-refractivity contribution in [3.05, 3.63) is 55.7 Å². The normalized spacial score (nSPS) is 12.7. The molecule has 1 aromatic heterocycles. The standard InChI is InChI=1S/C14H16BrNS/c1-9-5-4-6-12(13(9)15)14(16-3)11-7-8-17-10(11)2/h4-8,14,16H,1-3H3. The molecule has 1 N–H and O–H groups in total. The van der Waals surface area contributed by atoms with Crippen LogP contribution in [0.5, 0.6) is 0 Å². The minimum atomic E-state index is 0.260. The summed E-state index contributed by atoms with van der Waals surface area (Å²) in [6.45, 7) is 4.30. The molecule has 0 aliphatic rings. The van der Waals surface area contributed by atoms with E-state index in [2.05, 4.69) is 64.7 Å². The average molecular weight is 310 g/mol. The van der Waals surface area contributed by atoms with Crippen LogP contribution >= 0.6 is 27.3 Å². The molecule has 2 aromatic rings. The zero-order valence-electron chi connectivity index (χ0n) is 10.3. The second-order valence-electron chi connectivity index (χ2n) is 4.13. The predicted octanol–water partition coefficient (Wildman–Crippen LogP) is 4.44. The molecule has 0 fully saturated rings. The van der Waals surface area contributed by atoms with E-state index in [-0.39, 0.29) is 6.04 Å². The third kappa shape index (κ3) is 2.46. The van der Waals surface area contributed by atoms with Crippen LogP contribution in [0, 0.1) is 13.8 Å². The number of hydrogen-bond donors (Lipinski definition) is 1. The lowest BCUT2D eigenvalue weighted by Crippen LogP contribution is -2.18. The first-order chi connectivity index (χ1) is 8.15. The molecular formula is C14H16BrNS. The van der Waals surface area contributed by atoms with Gasteiger partial charge < -0.3 is 5.32 Å². The number of thiophene rings is 1. The first-order valence-electron chi connectivity index (χ1n) is 5.61. The van der Waals surface area contributed by atoms with Crippen molar-refractivity contribution in [3.8, 4) is 0 Å². The van der Waals surface area contributed by atoms with Gasteiger partial charge in [-0.05, 0) is 49.0 Å². The average Bonchev–Trinajstić information content (AvgIpc) is 2.72. The van der Waals surface area contributed by atoms with E-state index in [1.807, 2.05) is 7.05 Å². The van der Waals surface area contributed by atoms with Crippen molar-refractivity contribution in [1.82, 2.24) is 5.32 Å². The Labute approximate surface area is 115 Å². The van der Waals surface area contributed by atoms with Crippen LogP contribution in [-0.4, -0.2) is 7.05 Å². The van der Waals surface area contributed by atoms with Gasteiger partial charge in [0, 0.05) is 9.35 Å². The summed E-state index contributed by atoms with van der Waals surface area (Å²) in [5.41, 5.74) is 3.94. The molecule has 0 radical (unpaired) electrons. The van der Waals surface area contributed by atoms with Crippen LogP contribution in [0.15, 0.2) is 34.1 Å². The minimum Gasteiger partial charge on any atom is -0.309 e. The molecule has 17 heavy (non-hydrogen) atoms. The van der Waals surface area contributed by atoms with Gasteiger partial charge in [0.25, 0.3) is 0 Å². The monoisotopic (exact) mass is 309 g/mol. The maximum atomic E-state index is 3.70. The Kier molecular flexibility index (Phi) is 4.02. The molecule has 0 aliphatic heterocycles. The number of benzene rings is 1. The lowest BCUT2D eigenvalue weighted by Gasteiger charge is -2.19. The van der Waals surface area contributed by atoms with Gasteiger partial charge in [0.05, 0.1) is 6.04 Å². The number of aryl methyl sites for hydroxylation is 2. The van der Waals surface area contributed by atoms with Crippen molar-refractivity contribution in [1.29, 1.82) is 0 Å². The highest BCUT2D eigenvalue weighted by molar-refractivity contribution is 9.10. The Morgan fingerprint density at radius 2 is 1.94 bits per heavy atom. The maximum absolute atomic E-state index is 3.70. The first-order valence-corrected chi connectivity index (χ1v) is 7.28. The van der Waals surface area contributed by atoms with Crippen molar-refractivity contribution in [2.24, 2.45) is 0 Å². The van der Waals surface area contributed by atoms with Gasteiger partial charge in [0.15, 0.2) is 0 Å². The predicted molar refractivity (Wildman–Crippen MR) is 78.8 cm³/mol. The summed E-state index contributed by atoms with van der Waals surface area (Å²) in [7, 11) is 2.01. The molecule has 2 rings (SSSR count). The van der Waals surface area contributed by atoms with E-state index >= 15 is 0 Å². The molecule has 0 spiro atoms. The van der Waals surface area contributed by atoms with Crippen LogP contribution in [0.1, 0.15) is 27.6 Å². The summed E-state index contributed by atoms with van der Waals surface area (Å²) in [5.74, 6) is 0. The quantitative estimate of drug-likeness (QED) is 0.884. The van der Waals surface area contributed by atoms with E-state index in [1.165, 1.54) is 26.0 Å². The van der Waals surface area contributed by atoms with Gasteiger partial charge in [0.1, 0.15) is 0 Å². The Balaban J connectivity index is 2.50. The third-order valence-corrected chi connectivity index (χ3v) is 4.98. The van der Waals surface area contributed by atoms with Crippen molar-refractivity contribution in [2.75, 3.05) is 7.05 Å². The van der Waals surface area contributed by atoms with Crippen LogP contribution in [0.2, 0.25) is 0 Å². The molecular weight excluding hydrogens is 294 g/mol. The molecule has 1 unspecified atom stereocenters. The van der Waals surface area contributed by atoms with Crippen LogP contribution in [0.25, 0.3) is 0 Å². The molecule has 0 bridgehead atoms. The summed E-state index contributed by atoms with van der Waals surface area (Å²) in [6.07, 6.45) is 0. The van der Waals surface area contributed by atoms with Gasteiger partial charge >= 0.3 is 0 Å². The molecule has 3 heteroatoms. The summed E-state index contributed by atoms with van der Waals surface area (Å²) in [6, 6.07) is 8.88. The highest BCUT2D eigenvalue weighted by Crippen LogP contribution is 2.33. The lowest BCUT2D eigenvalue weighted by atomic mass is 9.98. The molecule has 1 heterocycles. The zero-order chi connectivity index (χ0) is 12.4. The highest BCUT2D eigenvalue weighted by atomic mass is 79.9. The SMILES string of the molecule is CNC(c1ccsc1C)c1cccc(C)c1Br. The van der Waals surface area contributed by atoms with Crippen molar-refractivity contribution < 1.29 is 0 Å². The number of rotatable bonds is 3. The van der Waals surface area contributed by atoms with Crippen LogP contribution < -0.4 is 5.32 Å². The Morgan fingerprint density at radius 1 is 1.18 bits per heavy atom. The van der Waals surface area contributed by atoms with E-state index < -0.39 is 0 Å². The molecule has 1 aromatic carbocycles.